The average Bonchev–Trinajstić information content (AvgIpc) is 2.39. The zero-order chi connectivity index (χ0) is 12.3. The number of ether oxygens (including phenoxy) is 1. The predicted octanol–water partition coefficient (Wildman–Crippen LogP) is 2.07. The summed E-state index contributed by atoms with van der Waals surface area (Å²) in [7, 11) is 1.66. The van der Waals surface area contributed by atoms with Crippen LogP contribution in [0.15, 0.2) is 12.4 Å². The van der Waals surface area contributed by atoms with Gasteiger partial charge in [0.05, 0.1) is 7.11 Å². The topological polar surface area (TPSA) is 38.3 Å². The Balaban J connectivity index is 2.05. The molecule has 1 aromatic heterocycles. The highest BCUT2D eigenvalue weighted by Crippen LogP contribution is 2.31. The Kier molecular flexibility index (Phi) is 3.94. The molecule has 0 bridgehead atoms. The summed E-state index contributed by atoms with van der Waals surface area (Å²) in [5, 5.41) is 0. The van der Waals surface area contributed by atoms with Gasteiger partial charge in [-0.1, -0.05) is 0 Å². The molecule has 1 aliphatic rings. The third-order valence-corrected chi connectivity index (χ3v) is 3.53. The van der Waals surface area contributed by atoms with E-state index >= 15 is 0 Å². The van der Waals surface area contributed by atoms with Crippen molar-refractivity contribution in [2.45, 2.75) is 38.6 Å². The fraction of sp³-hybridized carbons (Fsp3) is 0.692. The van der Waals surface area contributed by atoms with Crippen LogP contribution in [0.1, 0.15) is 38.3 Å². The van der Waals surface area contributed by atoms with Crippen LogP contribution in [-0.4, -0.2) is 41.1 Å². The van der Waals surface area contributed by atoms with Crippen LogP contribution in [0.2, 0.25) is 0 Å². The Hall–Kier alpha value is -1.16. The maximum atomic E-state index is 5.29. The maximum absolute atomic E-state index is 5.29. The fourth-order valence-corrected chi connectivity index (χ4v) is 2.46. The molecule has 1 aliphatic heterocycles. The van der Waals surface area contributed by atoms with Gasteiger partial charge in [-0.3, -0.25) is 4.98 Å². The number of likely N-dealkylation sites (tertiary alicyclic amines) is 1. The highest BCUT2D eigenvalue weighted by Gasteiger charge is 2.25. The van der Waals surface area contributed by atoms with E-state index in [-0.39, 0.29) is 0 Å². The Bertz CT molecular complexity index is 359. The lowest BCUT2D eigenvalue weighted by Gasteiger charge is -2.34. The van der Waals surface area contributed by atoms with Crippen LogP contribution in [0.3, 0.4) is 0 Å². The number of hydrogen-bond donors (Lipinski definition) is 0. The molecule has 0 amide bonds. The Labute approximate surface area is 103 Å². The van der Waals surface area contributed by atoms with Gasteiger partial charge in [-0.25, -0.2) is 4.98 Å². The van der Waals surface area contributed by atoms with E-state index < -0.39 is 0 Å². The molecule has 1 saturated heterocycles. The molecule has 1 fully saturated rings. The molecule has 4 heteroatoms. The van der Waals surface area contributed by atoms with Crippen LogP contribution in [0.25, 0.3) is 0 Å². The molecule has 0 aliphatic carbocycles. The van der Waals surface area contributed by atoms with Crippen molar-refractivity contribution in [3.63, 3.8) is 0 Å². The molecule has 0 spiro atoms. The summed E-state index contributed by atoms with van der Waals surface area (Å²) in [6.07, 6.45) is 5.73. The first-order valence-corrected chi connectivity index (χ1v) is 6.31. The predicted molar refractivity (Wildman–Crippen MR) is 67.3 cm³/mol. The van der Waals surface area contributed by atoms with Crippen molar-refractivity contribution >= 4 is 0 Å². The van der Waals surface area contributed by atoms with Crippen LogP contribution < -0.4 is 4.74 Å². The monoisotopic (exact) mass is 235 g/mol. The quantitative estimate of drug-likeness (QED) is 0.804. The van der Waals surface area contributed by atoms with Crippen molar-refractivity contribution in [2.75, 3.05) is 20.2 Å². The summed E-state index contributed by atoms with van der Waals surface area (Å²) in [5.41, 5.74) is 1.03. The SMILES string of the molecule is COc1nccnc1C1CCN(C(C)C)CC1. The van der Waals surface area contributed by atoms with Gasteiger partial charge in [-0.2, -0.15) is 0 Å². The second-order valence-electron chi connectivity index (χ2n) is 4.85. The molecule has 17 heavy (non-hydrogen) atoms. The molecule has 2 rings (SSSR count). The van der Waals surface area contributed by atoms with Crippen molar-refractivity contribution in [3.05, 3.63) is 18.1 Å². The van der Waals surface area contributed by atoms with Crippen molar-refractivity contribution in [1.82, 2.24) is 14.9 Å². The number of piperidine rings is 1. The van der Waals surface area contributed by atoms with Gasteiger partial charge in [-0.05, 0) is 39.8 Å². The van der Waals surface area contributed by atoms with Crippen molar-refractivity contribution in [2.24, 2.45) is 0 Å². The van der Waals surface area contributed by atoms with Crippen molar-refractivity contribution in [1.29, 1.82) is 0 Å². The number of hydrogen-bond acceptors (Lipinski definition) is 4. The Morgan fingerprint density at radius 3 is 2.47 bits per heavy atom. The first-order valence-electron chi connectivity index (χ1n) is 6.31. The lowest BCUT2D eigenvalue weighted by atomic mass is 9.93. The van der Waals surface area contributed by atoms with Crippen LogP contribution in [0, 0.1) is 0 Å². The number of nitrogens with zero attached hydrogens (tertiary/aromatic N) is 3. The summed E-state index contributed by atoms with van der Waals surface area (Å²) >= 11 is 0. The lowest BCUT2D eigenvalue weighted by Crippen LogP contribution is -2.38. The molecular formula is C13H21N3O. The molecule has 94 valence electrons. The molecule has 0 unspecified atom stereocenters. The summed E-state index contributed by atoms with van der Waals surface area (Å²) < 4.78 is 5.29. The summed E-state index contributed by atoms with van der Waals surface area (Å²) in [6.45, 7) is 6.79. The van der Waals surface area contributed by atoms with E-state index in [1.54, 1.807) is 19.5 Å². The van der Waals surface area contributed by atoms with E-state index in [9.17, 15) is 0 Å². The second kappa shape index (κ2) is 5.45. The largest absolute Gasteiger partial charge is 0.480 e. The van der Waals surface area contributed by atoms with Gasteiger partial charge < -0.3 is 9.64 Å². The molecular weight excluding hydrogens is 214 g/mol. The van der Waals surface area contributed by atoms with Crippen LogP contribution in [-0.2, 0) is 0 Å². The first kappa shape index (κ1) is 12.3. The highest BCUT2D eigenvalue weighted by atomic mass is 16.5. The molecule has 0 radical (unpaired) electrons. The summed E-state index contributed by atoms with van der Waals surface area (Å²) in [4.78, 5) is 11.2. The smallest absolute Gasteiger partial charge is 0.235 e. The molecule has 0 atom stereocenters. The lowest BCUT2D eigenvalue weighted by molar-refractivity contribution is 0.169. The summed E-state index contributed by atoms with van der Waals surface area (Å²) in [6, 6.07) is 0.639. The Morgan fingerprint density at radius 2 is 1.88 bits per heavy atom. The molecule has 2 heterocycles. The zero-order valence-electron chi connectivity index (χ0n) is 10.9. The van der Waals surface area contributed by atoms with Crippen LogP contribution >= 0.6 is 0 Å². The molecule has 1 aromatic rings. The van der Waals surface area contributed by atoms with Gasteiger partial charge in [0.2, 0.25) is 5.88 Å². The van der Waals surface area contributed by atoms with Gasteiger partial charge in [0.1, 0.15) is 5.69 Å². The maximum Gasteiger partial charge on any atom is 0.235 e. The molecule has 0 saturated carbocycles. The van der Waals surface area contributed by atoms with E-state index in [0.29, 0.717) is 17.8 Å². The fourth-order valence-electron chi connectivity index (χ4n) is 2.46. The molecule has 0 aromatic carbocycles. The van der Waals surface area contributed by atoms with Gasteiger partial charge in [-0.15, -0.1) is 0 Å². The van der Waals surface area contributed by atoms with Crippen molar-refractivity contribution in [3.8, 4) is 5.88 Å². The minimum absolute atomic E-state index is 0.494. The second-order valence-corrected chi connectivity index (χ2v) is 4.85. The summed E-state index contributed by atoms with van der Waals surface area (Å²) in [5.74, 6) is 1.18. The Morgan fingerprint density at radius 1 is 1.24 bits per heavy atom. The van der Waals surface area contributed by atoms with Crippen LogP contribution in [0.4, 0.5) is 0 Å². The van der Waals surface area contributed by atoms with E-state index in [1.165, 1.54) is 0 Å². The van der Waals surface area contributed by atoms with Crippen molar-refractivity contribution < 1.29 is 4.74 Å². The highest BCUT2D eigenvalue weighted by molar-refractivity contribution is 5.22. The van der Waals surface area contributed by atoms with E-state index in [2.05, 4.69) is 28.7 Å². The minimum Gasteiger partial charge on any atom is -0.480 e. The van der Waals surface area contributed by atoms with E-state index in [1.807, 2.05) is 0 Å². The molecule has 0 N–H and O–H groups in total. The number of rotatable bonds is 3. The van der Waals surface area contributed by atoms with E-state index in [0.717, 1.165) is 31.6 Å². The normalized spacial score (nSPS) is 18.6. The van der Waals surface area contributed by atoms with Gasteiger partial charge in [0, 0.05) is 24.4 Å². The van der Waals surface area contributed by atoms with E-state index in [4.69, 9.17) is 4.74 Å². The zero-order valence-corrected chi connectivity index (χ0v) is 10.9. The first-order chi connectivity index (χ1) is 8.22. The molecule has 4 nitrogen and oxygen atoms in total. The van der Waals surface area contributed by atoms with Gasteiger partial charge in [0.25, 0.3) is 0 Å². The van der Waals surface area contributed by atoms with Gasteiger partial charge >= 0.3 is 0 Å². The third kappa shape index (κ3) is 2.75. The average molecular weight is 235 g/mol. The standard InChI is InChI=1S/C13H21N3O/c1-10(2)16-8-4-11(5-9-16)12-13(17-3)15-7-6-14-12/h6-7,10-11H,4-5,8-9H2,1-3H3. The minimum atomic E-state index is 0.494. The number of methoxy groups -OCH3 is 1. The third-order valence-electron chi connectivity index (χ3n) is 3.53. The van der Waals surface area contributed by atoms with Crippen LogP contribution in [0.5, 0.6) is 5.88 Å². The van der Waals surface area contributed by atoms with Gasteiger partial charge in [0.15, 0.2) is 0 Å². The number of aromatic nitrogens is 2.